The first kappa shape index (κ1) is 22.3. The number of rotatable bonds is 10. The topological polar surface area (TPSA) is 99.1 Å². The van der Waals surface area contributed by atoms with Crippen LogP contribution in [0, 0.1) is 5.82 Å². The first-order valence-corrected chi connectivity index (χ1v) is 8.94. The number of carbonyl (C=O) groups excluding carboxylic acids is 2. The number of hydrogen-bond acceptors (Lipinski definition) is 5. The molecule has 0 spiro atoms. The van der Waals surface area contributed by atoms with Crippen molar-refractivity contribution in [2.24, 2.45) is 0 Å². The highest BCUT2D eigenvalue weighted by molar-refractivity contribution is 6.32. The van der Waals surface area contributed by atoms with Crippen LogP contribution >= 0.6 is 0 Å². The summed E-state index contributed by atoms with van der Waals surface area (Å²) in [6.07, 6.45) is 0.702. The van der Waals surface area contributed by atoms with E-state index in [2.05, 4.69) is 11.9 Å². The Bertz CT molecular complexity index is 835. The van der Waals surface area contributed by atoms with Crippen molar-refractivity contribution in [2.75, 3.05) is 11.4 Å². The maximum absolute atomic E-state index is 14.1. The summed E-state index contributed by atoms with van der Waals surface area (Å²) in [5.41, 5.74) is 0.897. The molecule has 0 fully saturated rings. The van der Waals surface area contributed by atoms with E-state index in [0.717, 1.165) is 16.5 Å². The fourth-order valence-electron chi connectivity index (χ4n) is 2.70. The summed E-state index contributed by atoms with van der Waals surface area (Å²) in [6.45, 7) is 2.87. The molecule has 0 saturated heterocycles. The molecule has 29 heavy (non-hydrogen) atoms. The third-order valence-electron chi connectivity index (χ3n) is 4.03. The SMILES string of the molecule is C=CC(=O)N(CC(=O)N[C@@H](CCc1ccccc1)OB(O)O)c1ccccc1F. The first-order chi connectivity index (χ1) is 13.9. The average Bonchev–Trinajstić information content (AvgIpc) is 2.70. The lowest BCUT2D eigenvalue weighted by molar-refractivity contribution is -0.124. The number of hydrogen-bond donors (Lipinski definition) is 3. The first-order valence-electron chi connectivity index (χ1n) is 8.94. The smallest absolute Gasteiger partial charge is 0.402 e. The van der Waals surface area contributed by atoms with Crippen molar-refractivity contribution >= 4 is 24.8 Å². The maximum atomic E-state index is 14.1. The van der Waals surface area contributed by atoms with Crippen LogP contribution in [0.15, 0.2) is 67.3 Å². The van der Waals surface area contributed by atoms with Crippen LogP contribution in [0.5, 0.6) is 0 Å². The highest BCUT2D eigenvalue weighted by Gasteiger charge is 2.24. The van der Waals surface area contributed by atoms with Gasteiger partial charge in [-0.15, -0.1) is 0 Å². The minimum Gasteiger partial charge on any atom is -0.402 e. The van der Waals surface area contributed by atoms with Gasteiger partial charge in [-0.2, -0.15) is 0 Å². The summed E-state index contributed by atoms with van der Waals surface area (Å²) in [7, 11) is -2.09. The Balaban J connectivity index is 2.06. The lowest BCUT2D eigenvalue weighted by atomic mass is 10.1. The molecule has 7 nitrogen and oxygen atoms in total. The Morgan fingerprint density at radius 2 is 1.83 bits per heavy atom. The summed E-state index contributed by atoms with van der Waals surface area (Å²) in [5, 5.41) is 20.7. The number of amides is 2. The molecule has 2 amide bonds. The molecule has 0 bridgehead atoms. The van der Waals surface area contributed by atoms with E-state index in [1.54, 1.807) is 0 Å². The highest BCUT2D eigenvalue weighted by Crippen LogP contribution is 2.19. The molecule has 0 radical (unpaired) electrons. The third-order valence-corrected chi connectivity index (χ3v) is 4.03. The van der Waals surface area contributed by atoms with Crippen LogP contribution in [0.25, 0.3) is 0 Å². The summed E-state index contributed by atoms with van der Waals surface area (Å²) in [5.74, 6) is -1.99. The van der Waals surface area contributed by atoms with Gasteiger partial charge in [0.1, 0.15) is 18.6 Å². The van der Waals surface area contributed by atoms with Crippen LogP contribution in [-0.4, -0.2) is 42.0 Å². The summed E-state index contributed by atoms with van der Waals surface area (Å²) < 4.78 is 19.0. The molecule has 0 aromatic heterocycles. The molecule has 0 unspecified atom stereocenters. The number of halogens is 1. The molecule has 3 N–H and O–H groups in total. The minimum atomic E-state index is -2.09. The van der Waals surface area contributed by atoms with Crippen molar-refractivity contribution in [3.63, 3.8) is 0 Å². The lowest BCUT2D eigenvalue weighted by Crippen LogP contribution is -2.47. The van der Waals surface area contributed by atoms with Gasteiger partial charge >= 0.3 is 7.32 Å². The van der Waals surface area contributed by atoms with Crippen LogP contribution in [-0.2, 0) is 20.7 Å². The van der Waals surface area contributed by atoms with Crippen LogP contribution in [0.1, 0.15) is 12.0 Å². The van der Waals surface area contributed by atoms with Crippen molar-refractivity contribution in [3.8, 4) is 0 Å². The molecular formula is C20H22BFN2O5. The lowest BCUT2D eigenvalue weighted by Gasteiger charge is -2.24. The third kappa shape index (κ3) is 7.15. The van der Waals surface area contributed by atoms with Crippen LogP contribution < -0.4 is 10.2 Å². The van der Waals surface area contributed by atoms with E-state index in [1.165, 1.54) is 24.3 Å². The molecule has 0 aliphatic heterocycles. The summed E-state index contributed by atoms with van der Waals surface area (Å²) >= 11 is 0. The highest BCUT2D eigenvalue weighted by atomic mass is 19.1. The van der Waals surface area contributed by atoms with E-state index in [-0.39, 0.29) is 12.1 Å². The quantitative estimate of drug-likeness (QED) is 0.318. The number of para-hydroxylation sites is 1. The largest absolute Gasteiger partial charge is 0.635 e. The van der Waals surface area contributed by atoms with Gasteiger partial charge in [-0.25, -0.2) is 4.39 Å². The van der Waals surface area contributed by atoms with Gasteiger partial charge in [-0.1, -0.05) is 49.0 Å². The van der Waals surface area contributed by atoms with Crippen molar-refractivity contribution in [3.05, 3.63) is 78.6 Å². The second-order valence-electron chi connectivity index (χ2n) is 6.12. The van der Waals surface area contributed by atoms with Crippen LogP contribution in [0.2, 0.25) is 0 Å². The second kappa shape index (κ2) is 11.1. The molecule has 0 aliphatic rings. The molecule has 0 saturated carbocycles. The maximum Gasteiger partial charge on any atom is 0.635 e. The van der Waals surface area contributed by atoms with Crippen molar-refractivity contribution < 1.29 is 28.7 Å². The van der Waals surface area contributed by atoms with Gasteiger partial charge in [-0.3, -0.25) is 14.5 Å². The summed E-state index contributed by atoms with van der Waals surface area (Å²) in [4.78, 5) is 25.5. The van der Waals surface area contributed by atoms with Gasteiger partial charge in [0.05, 0.1) is 5.69 Å². The van der Waals surface area contributed by atoms with Gasteiger partial charge < -0.3 is 20.0 Å². The normalized spacial score (nSPS) is 11.4. The monoisotopic (exact) mass is 400 g/mol. The molecule has 2 rings (SSSR count). The Labute approximate surface area is 168 Å². The number of aryl methyl sites for hydroxylation is 1. The zero-order valence-electron chi connectivity index (χ0n) is 15.7. The van der Waals surface area contributed by atoms with Gasteiger partial charge in [0.15, 0.2) is 0 Å². The Morgan fingerprint density at radius 1 is 1.17 bits per heavy atom. The molecule has 1 atom stereocenters. The van der Waals surface area contributed by atoms with E-state index in [4.69, 9.17) is 14.7 Å². The number of nitrogens with zero attached hydrogens (tertiary/aromatic N) is 1. The molecule has 0 heterocycles. The molecule has 9 heteroatoms. The van der Waals surface area contributed by atoms with Gasteiger partial charge in [0.25, 0.3) is 5.91 Å². The second-order valence-corrected chi connectivity index (χ2v) is 6.12. The number of benzene rings is 2. The molecule has 152 valence electrons. The Morgan fingerprint density at radius 3 is 2.45 bits per heavy atom. The zero-order chi connectivity index (χ0) is 21.2. The minimum absolute atomic E-state index is 0.0727. The fraction of sp³-hybridized carbons (Fsp3) is 0.200. The molecular weight excluding hydrogens is 378 g/mol. The molecule has 2 aromatic rings. The summed E-state index contributed by atoms with van der Waals surface area (Å²) in [6, 6.07) is 14.9. The van der Waals surface area contributed by atoms with Gasteiger partial charge in [0.2, 0.25) is 5.91 Å². The number of carbonyl (C=O) groups is 2. The number of anilines is 1. The number of nitrogens with one attached hydrogen (secondary N) is 1. The van der Waals surface area contributed by atoms with Crippen molar-refractivity contribution in [2.45, 2.75) is 19.1 Å². The van der Waals surface area contributed by atoms with Crippen LogP contribution in [0.3, 0.4) is 0 Å². The predicted octanol–water partition coefficient (Wildman–Crippen LogP) is 1.41. The van der Waals surface area contributed by atoms with Gasteiger partial charge in [0, 0.05) is 0 Å². The van der Waals surface area contributed by atoms with E-state index in [9.17, 15) is 14.0 Å². The van der Waals surface area contributed by atoms with Crippen molar-refractivity contribution in [1.29, 1.82) is 0 Å². The molecule has 2 aromatic carbocycles. The Hall–Kier alpha value is -3.01. The van der Waals surface area contributed by atoms with E-state index < -0.39 is 37.7 Å². The van der Waals surface area contributed by atoms with E-state index >= 15 is 0 Å². The fourth-order valence-corrected chi connectivity index (χ4v) is 2.70. The standard InChI is InChI=1S/C20H22BFN2O5/c1-2-20(26)24(17-11-7-6-10-16(17)22)14-18(25)23-19(29-21(27)28)13-12-15-8-4-3-5-9-15/h2-11,19,27-28H,1,12-14H2,(H,23,25)/t19-/m1/s1. The predicted molar refractivity (Wildman–Crippen MR) is 107 cm³/mol. The van der Waals surface area contributed by atoms with Crippen molar-refractivity contribution in [1.82, 2.24) is 5.32 Å². The Kier molecular flexibility index (Phi) is 8.54. The van der Waals surface area contributed by atoms with Crippen LogP contribution in [0.4, 0.5) is 10.1 Å². The van der Waals surface area contributed by atoms with E-state index in [1.807, 2.05) is 30.3 Å². The average molecular weight is 400 g/mol. The molecule has 0 aliphatic carbocycles. The van der Waals surface area contributed by atoms with E-state index in [0.29, 0.717) is 6.42 Å². The zero-order valence-corrected chi connectivity index (χ0v) is 15.7. The van der Waals surface area contributed by atoms with Gasteiger partial charge in [-0.05, 0) is 36.6 Å².